The van der Waals surface area contributed by atoms with E-state index < -0.39 is 33.1 Å². The van der Waals surface area contributed by atoms with E-state index in [1.54, 1.807) is 10.8 Å². The zero-order valence-corrected chi connectivity index (χ0v) is 21.7. The third-order valence-electron chi connectivity index (χ3n) is 6.66. The van der Waals surface area contributed by atoms with Crippen LogP contribution in [-0.4, -0.2) is 58.8 Å². The number of hydrogen-bond acceptors (Lipinski definition) is 9. The second-order valence-electron chi connectivity index (χ2n) is 9.16. The van der Waals surface area contributed by atoms with Crippen LogP contribution in [0.2, 0.25) is 0 Å². The van der Waals surface area contributed by atoms with Gasteiger partial charge in [-0.2, -0.15) is 4.98 Å². The monoisotopic (exact) mass is 551 g/mol. The number of nitrogens with zero attached hydrogens (tertiary/aromatic N) is 4. The number of aliphatic hydroxyl groups excluding tert-OH is 1. The quantitative estimate of drug-likeness (QED) is 0.287. The third-order valence-corrected chi connectivity index (χ3v) is 8.43. The topological polar surface area (TPSA) is 136 Å². The summed E-state index contributed by atoms with van der Waals surface area (Å²) in [6.07, 6.45) is -1.81. The number of hydrogen-bond donors (Lipinski definition) is 3. The molecule has 11 nitrogen and oxygen atoms in total. The van der Waals surface area contributed by atoms with Crippen molar-refractivity contribution in [2.45, 2.75) is 41.5 Å². The minimum atomic E-state index is -2.10. The van der Waals surface area contributed by atoms with Gasteiger partial charge in [-0.3, -0.25) is 9.36 Å². The average molecular weight is 552 g/mol. The lowest BCUT2D eigenvalue weighted by Crippen LogP contribution is -2.38. The van der Waals surface area contributed by atoms with Gasteiger partial charge < -0.3 is 28.8 Å². The molecule has 3 N–H and O–H groups in total. The Morgan fingerprint density at radius 3 is 2.71 bits per heavy atom. The average Bonchev–Trinajstić information content (AvgIpc) is 3.60. The zero-order chi connectivity index (χ0) is 26.0. The van der Waals surface area contributed by atoms with E-state index in [0.29, 0.717) is 10.9 Å². The SMILES string of the molecule is Cc1ccc(Sc2nc3c(=O)n4cc(-c5ccccc5)[nH]c4nc3n2[C@@H]2OC3CO[P@@](O)O[C@H]3[C@@H]2O)cc1. The van der Waals surface area contributed by atoms with Crippen LogP contribution >= 0.6 is 20.4 Å². The number of aliphatic hydroxyl groups is 1. The maximum atomic E-state index is 13.6. The first kappa shape index (κ1) is 24.0. The molecule has 2 aromatic carbocycles. The van der Waals surface area contributed by atoms with Crippen LogP contribution in [0.15, 0.2) is 75.6 Å². The molecule has 194 valence electrons. The maximum absolute atomic E-state index is 13.6. The second-order valence-corrected chi connectivity index (χ2v) is 11.1. The number of imidazole rings is 2. The molecule has 1 unspecified atom stereocenters. The smallest absolute Gasteiger partial charge is 0.330 e. The number of ether oxygens (including phenoxy) is 1. The Bertz CT molecular complexity index is 1710. The molecular formula is C25H22N5O6PS. The van der Waals surface area contributed by atoms with Crippen molar-refractivity contribution in [1.82, 2.24) is 23.9 Å². The van der Waals surface area contributed by atoms with Crippen LogP contribution in [0.4, 0.5) is 0 Å². The van der Waals surface area contributed by atoms with Crippen molar-refractivity contribution >= 4 is 37.3 Å². The van der Waals surface area contributed by atoms with Crippen LogP contribution < -0.4 is 5.56 Å². The number of aromatic amines is 1. The fourth-order valence-corrected chi connectivity index (χ4v) is 6.47. The normalized spacial score (nSPS) is 25.3. The van der Waals surface area contributed by atoms with E-state index in [0.717, 1.165) is 21.7 Å². The van der Waals surface area contributed by atoms with Crippen molar-refractivity contribution in [3.63, 3.8) is 0 Å². The van der Waals surface area contributed by atoms with Crippen LogP contribution in [0.25, 0.3) is 28.2 Å². The molecule has 5 heterocycles. The fourth-order valence-electron chi connectivity index (χ4n) is 4.76. The molecule has 0 aliphatic carbocycles. The summed E-state index contributed by atoms with van der Waals surface area (Å²) >= 11 is 1.33. The van der Waals surface area contributed by atoms with Gasteiger partial charge in [0.25, 0.3) is 5.56 Å². The molecular weight excluding hydrogens is 529 g/mol. The van der Waals surface area contributed by atoms with E-state index in [4.69, 9.17) is 18.8 Å². The highest BCUT2D eigenvalue weighted by Gasteiger charge is 2.50. The molecule has 0 radical (unpaired) electrons. The molecule has 13 heteroatoms. The summed E-state index contributed by atoms with van der Waals surface area (Å²) in [4.78, 5) is 37.0. The van der Waals surface area contributed by atoms with E-state index in [-0.39, 0.29) is 23.3 Å². The van der Waals surface area contributed by atoms with Gasteiger partial charge in [0.2, 0.25) is 5.78 Å². The molecule has 38 heavy (non-hydrogen) atoms. The Balaban J connectivity index is 1.40. The Kier molecular flexibility index (Phi) is 5.86. The lowest BCUT2D eigenvalue weighted by atomic mass is 10.1. The molecule has 0 amide bonds. The first-order valence-corrected chi connectivity index (χ1v) is 13.9. The van der Waals surface area contributed by atoms with Crippen LogP contribution in [-0.2, 0) is 13.8 Å². The predicted molar refractivity (Wildman–Crippen MR) is 140 cm³/mol. The molecule has 5 aromatic rings. The molecule has 2 aliphatic heterocycles. The number of aromatic nitrogens is 5. The molecule has 5 atom stereocenters. The molecule has 2 aliphatic rings. The first-order valence-electron chi connectivity index (χ1n) is 11.9. The van der Waals surface area contributed by atoms with Crippen molar-refractivity contribution in [3.8, 4) is 11.3 Å². The summed E-state index contributed by atoms with van der Waals surface area (Å²) < 4.78 is 19.9. The van der Waals surface area contributed by atoms with Gasteiger partial charge in [0.05, 0.1) is 12.3 Å². The van der Waals surface area contributed by atoms with Gasteiger partial charge in [0.15, 0.2) is 22.5 Å². The summed E-state index contributed by atoms with van der Waals surface area (Å²) in [7, 11) is -2.10. The highest BCUT2D eigenvalue weighted by Crippen LogP contribution is 2.47. The number of rotatable bonds is 4. The molecule has 3 aromatic heterocycles. The standard InChI is InChI=1S/C25H22N5O6PS/c1-13-7-9-15(10-8-13)38-25-27-18-21(30(25)23-19(31)20-17(35-23)12-34-37(33)36-20)28-24-26-16(11-29(24)22(18)32)14-5-3-2-4-6-14/h2-11,17,19-20,23,31,33H,12H2,1H3,(H,26,28)/t17?,19-,20+,23+,37+/m0/s1. The Morgan fingerprint density at radius 1 is 1.13 bits per heavy atom. The summed E-state index contributed by atoms with van der Waals surface area (Å²) in [6.45, 7) is 2.08. The van der Waals surface area contributed by atoms with E-state index in [9.17, 15) is 14.8 Å². The van der Waals surface area contributed by atoms with Crippen molar-refractivity contribution < 1.29 is 23.8 Å². The Morgan fingerprint density at radius 2 is 1.92 bits per heavy atom. The van der Waals surface area contributed by atoms with Crippen LogP contribution in [0.3, 0.4) is 0 Å². The fraction of sp³-hybridized carbons (Fsp3) is 0.240. The van der Waals surface area contributed by atoms with E-state index in [2.05, 4.69) is 9.97 Å². The van der Waals surface area contributed by atoms with Gasteiger partial charge in [0, 0.05) is 11.1 Å². The van der Waals surface area contributed by atoms with Crippen molar-refractivity contribution in [1.29, 1.82) is 0 Å². The van der Waals surface area contributed by atoms with Crippen molar-refractivity contribution in [2.24, 2.45) is 0 Å². The molecule has 7 rings (SSSR count). The minimum Gasteiger partial charge on any atom is -0.386 e. The minimum absolute atomic E-state index is 0.0743. The third kappa shape index (κ3) is 3.97. The van der Waals surface area contributed by atoms with Crippen LogP contribution in [0.1, 0.15) is 11.8 Å². The number of H-pyrrole nitrogens is 1. The first-order chi connectivity index (χ1) is 18.5. The predicted octanol–water partition coefficient (Wildman–Crippen LogP) is 3.39. The lowest BCUT2D eigenvalue weighted by molar-refractivity contribution is -0.0614. The van der Waals surface area contributed by atoms with Crippen molar-refractivity contribution in [3.05, 3.63) is 76.7 Å². The lowest BCUT2D eigenvalue weighted by Gasteiger charge is -2.27. The van der Waals surface area contributed by atoms with Gasteiger partial charge in [0.1, 0.15) is 18.3 Å². The van der Waals surface area contributed by atoms with Crippen LogP contribution in [0, 0.1) is 6.92 Å². The van der Waals surface area contributed by atoms with E-state index >= 15 is 0 Å². The molecule has 0 saturated carbocycles. The number of aryl methyl sites for hydroxylation is 1. The number of fused-ring (bicyclic) bond motifs is 3. The van der Waals surface area contributed by atoms with Gasteiger partial charge in [-0.1, -0.05) is 59.8 Å². The highest BCUT2D eigenvalue weighted by atomic mass is 32.2. The Hall–Kier alpha value is -3.09. The van der Waals surface area contributed by atoms with E-state index in [1.807, 2.05) is 61.5 Å². The summed E-state index contributed by atoms with van der Waals surface area (Å²) in [5, 5.41) is 11.6. The number of nitrogens with one attached hydrogen (secondary N) is 1. The Labute approximate surface area is 221 Å². The molecule has 2 saturated heterocycles. The maximum Gasteiger partial charge on any atom is 0.330 e. The largest absolute Gasteiger partial charge is 0.386 e. The van der Waals surface area contributed by atoms with Gasteiger partial charge >= 0.3 is 8.60 Å². The number of benzene rings is 2. The highest BCUT2D eigenvalue weighted by molar-refractivity contribution is 7.99. The van der Waals surface area contributed by atoms with E-state index in [1.165, 1.54) is 16.2 Å². The summed E-state index contributed by atoms with van der Waals surface area (Å²) in [5.41, 5.74) is 2.81. The van der Waals surface area contributed by atoms with Gasteiger partial charge in [-0.05, 0) is 24.6 Å². The second kappa shape index (κ2) is 9.28. The molecule has 0 spiro atoms. The zero-order valence-electron chi connectivity index (χ0n) is 20.0. The van der Waals surface area contributed by atoms with Gasteiger partial charge in [-0.25, -0.2) is 9.38 Å². The summed E-state index contributed by atoms with van der Waals surface area (Å²) in [5.74, 6) is 0.331. The van der Waals surface area contributed by atoms with Crippen LogP contribution in [0.5, 0.6) is 0 Å². The summed E-state index contributed by atoms with van der Waals surface area (Å²) in [6, 6.07) is 17.5. The van der Waals surface area contributed by atoms with Crippen molar-refractivity contribution in [2.75, 3.05) is 6.61 Å². The van der Waals surface area contributed by atoms with Gasteiger partial charge in [-0.15, -0.1) is 0 Å². The molecule has 2 fully saturated rings. The molecule has 0 bridgehead atoms.